The molecule has 0 aromatic carbocycles. The topological polar surface area (TPSA) is 183 Å². The SMILES string of the molecule is COC(=O)C12OCC34C(CC(C(C)=O)C(C)(CC(=O)O)C3C(O)C1O)OC(=O)C(OC(C)=O)C24. The largest absolute Gasteiger partial charge is 0.481 e. The Bertz CT molecular complexity index is 962. The van der Waals surface area contributed by atoms with Gasteiger partial charge in [-0.25, -0.2) is 9.59 Å². The molecule has 10 atom stereocenters. The van der Waals surface area contributed by atoms with E-state index < -0.39 is 88.9 Å². The number of aliphatic hydroxyl groups is 2. The molecule has 2 aliphatic heterocycles. The van der Waals surface area contributed by atoms with Crippen molar-refractivity contribution in [2.24, 2.45) is 28.6 Å². The maximum Gasteiger partial charge on any atom is 0.348 e. The van der Waals surface area contributed by atoms with Gasteiger partial charge in [-0.1, -0.05) is 6.92 Å². The van der Waals surface area contributed by atoms with Gasteiger partial charge in [0, 0.05) is 24.2 Å². The molecule has 2 heterocycles. The second-order valence-corrected chi connectivity index (χ2v) is 10.0. The fourth-order valence-electron chi connectivity index (χ4n) is 7.50. The van der Waals surface area contributed by atoms with Gasteiger partial charge in [-0.2, -0.15) is 0 Å². The van der Waals surface area contributed by atoms with Gasteiger partial charge in [0.2, 0.25) is 11.7 Å². The molecule has 3 N–H and O–H groups in total. The molecule has 0 radical (unpaired) electrons. The molecule has 4 rings (SSSR count). The first-order chi connectivity index (χ1) is 15.8. The number of hydrogen-bond acceptors (Lipinski definition) is 11. The van der Waals surface area contributed by atoms with E-state index in [1.54, 1.807) is 0 Å². The first-order valence-corrected chi connectivity index (χ1v) is 11.0. The average Bonchev–Trinajstić information content (AvgIpc) is 3.03. The molecule has 2 saturated carbocycles. The summed E-state index contributed by atoms with van der Waals surface area (Å²) in [4.78, 5) is 62.6. The summed E-state index contributed by atoms with van der Waals surface area (Å²) >= 11 is 0. The number of ether oxygens (including phenoxy) is 4. The predicted molar refractivity (Wildman–Crippen MR) is 107 cm³/mol. The molecule has 12 nitrogen and oxygen atoms in total. The Morgan fingerprint density at radius 2 is 1.79 bits per heavy atom. The standard InChI is InChI=1S/C22H28O12/c1-8(23)10-5-11-21-7-32-22(19(30)31-4,16(21)14(18(29)34-11)33-9(2)24)17(28)13(27)15(21)20(10,3)6-12(25)26/h10-11,13-17,27-28H,5-7H2,1-4H3,(H,25,26). The van der Waals surface area contributed by atoms with Gasteiger partial charge in [0.15, 0.2) is 0 Å². The number of methoxy groups -OCH3 is 1. The number of aliphatic hydroxyl groups excluding tert-OH is 2. The number of carbonyl (C=O) groups is 5. The first kappa shape index (κ1) is 24.6. The third-order valence-electron chi connectivity index (χ3n) is 8.45. The molecule has 0 aromatic heterocycles. The lowest BCUT2D eigenvalue weighted by Gasteiger charge is -2.66. The van der Waals surface area contributed by atoms with Crippen molar-refractivity contribution in [3.05, 3.63) is 0 Å². The van der Waals surface area contributed by atoms with E-state index in [0.717, 1.165) is 14.0 Å². The van der Waals surface area contributed by atoms with Gasteiger partial charge < -0.3 is 34.3 Å². The highest BCUT2D eigenvalue weighted by molar-refractivity contribution is 5.88. The van der Waals surface area contributed by atoms with Crippen molar-refractivity contribution in [1.29, 1.82) is 0 Å². The van der Waals surface area contributed by atoms with Gasteiger partial charge in [-0.05, 0) is 18.8 Å². The number of carboxylic acid groups (broad SMARTS) is 1. The molecule has 10 unspecified atom stereocenters. The van der Waals surface area contributed by atoms with E-state index in [2.05, 4.69) is 0 Å². The maximum absolute atomic E-state index is 13.1. The van der Waals surface area contributed by atoms with Crippen LogP contribution in [0.4, 0.5) is 0 Å². The zero-order valence-corrected chi connectivity index (χ0v) is 19.2. The number of aliphatic carboxylic acids is 1. The third-order valence-corrected chi connectivity index (χ3v) is 8.45. The Balaban J connectivity index is 2.02. The quantitative estimate of drug-likeness (QED) is 0.314. The van der Waals surface area contributed by atoms with E-state index in [4.69, 9.17) is 18.9 Å². The van der Waals surface area contributed by atoms with Crippen LogP contribution in [0.2, 0.25) is 0 Å². The number of hydrogen-bond donors (Lipinski definition) is 3. The Labute approximate surface area is 194 Å². The fraction of sp³-hybridized carbons (Fsp3) is 0.773. The highest BCUT2D eigenvalue weighted by Crippen LogP contribution is 2.71. The van der Waals surface area contributed by atoms with Crippen molar-refractivity contribution in [3.8, 4) is 0 Å². The van der Waals surface area contributed by atoms with Crippen LogP contribution in [0.25, 0.3) is 0 Å². The van der Waals surface area contributed by atoms with Gasteiger partial charge in [0.05, 0.1) is 32.2 Å². The summed E-state index contributed by atoms with van der Waals surface area (Å²) in [7, 11) is 1.04. The van der Waals surface area contributed by atoms with E-state index in [-0.39, 0.29) is 18.8 Å². The van der Waals surface area contributed by atoms with E-state index in [9.17, 15) is 39.3 Å². The van der Waals surface area contributed by atoms with Crippen LogP contribution in [0, 0.1) is 28.6 Å². The van der Waals surface area contributed by atoms with Gasteiger partial charge >= 0.3 is 23.9 Å². The summed E-state index contributed by atoms with van der Waals surface area (Å²) in [5, 5.41) is 32.4. The summed E-state index contributed by atoms with van der Waals surface area (Å²) in [6, 6.07) is 0. The van der Waals surface area contributed by atoms with Gasteiger partial charge in [-0.15, -0.1) is 0 Å². The number of ketones is 1. The van der Waals surface area contributed by atoms with Crippen LogP contribution < -0.4 is 0 Å². The van der Waals surface area contributed by atoms with Crippen LogP contribution in [0.15, 0.2) is 0 Å². The summed E-state index contributed by atoms with van der Waals surface area (Å²) in [6.07, 6.45) is -7.14. The molecule has 4 aliphatic rings. The van der Waals surface area contributed by atoms with Crippen LogP contribution in [0.5, 0.6) is 0 Å². The van der Waals surface area contributed by atoms with Crippen molar-refractivity contribution in [2.75, 3.05) is 13.7 Å². The molecule has 2 saturated heterocycles. The van der Waals surface area contributed by atoms with Crippen LogP contribution in [0.1, 0.15) is 33.6 Å². The van der Waals surface area contributed by atoms with E-state index in [1.165, 1.54) is 13.8 Å². The van der Waals surface area contributed by atoms with Crippen molar-refractivity contribution in [3.63, 3.8) is 0 Å². The Hall–Kier alpha value is -2.57. The summed E-state index contributed by atoms with van der Waals surface area (Å²) < 4.78 is 21.7. The number of carboxylic acids is 1. The lowest BCUT2D eigenvalue weighted by molar-refractivity contribution is -0.290. The minimum absolute atomic E-state index is 0.0892. The van der Waals surface area contributed by atoms with Crippen molar-refractivity contribution < 1.29 is 58.2 Å². The maximum atomic E-state index is 13.1. The van der Waals surface area contributed by atoms with Crippen LogP contribution in [-0.2, 0) is 42.9 Å². The number of carbonyl (C=O) groups excluding carboxylic acids is 4. The monoisotopic (exact) mass is 484 g/mol. The third kappa shape index (κ3) is 2.85. The zero-order chi connectivity index (χ0) is 25.4. The number of rotatable bonds is 5. The number of esters is 3. The molecular formula is C22H28O12. The van der Waals surface area contributed by atoms with E-state index in [1.807, 2.05) is 0 Å². The number of Topliss-reactive ketones (excluding diaryl/α,β-unsaturated/α-hetero) is 1. The molecule has 1 spiro atoms. The Morgan fingerprint density at radius 3 is 2.32 bits per heavy atom. The van der Waals surface area contributed by atoms with Crippen molar-refractivity contribution >= 4 is 29.7 Å². The molecule has 0 amide bonds. The Kier molecular flexibility index (Phi) is 5.57. The van der Waals surface area contributed by atoms with Crippen molar-refractivity contribution in [2.45, 2.75) is 63.6 Å². The zero-order valence-electron chi connectivity index (χ0n) is 19.2. The predicted octanol–water partition coefficient (Wildman–Crippen LogP) is -1.17. The lowest BCUT2D eigenvalue weighted by atomic mass is 9.39. The van der Waals surface area contributed by atoms with Crippen LogP contribution >= 0.6 is 0 Å². The van der Waals surface area contributed by atoms with E-state index in [0.29, 0.717) is 0 Å². The van der Waals surface area contributed by atoms with Crippen LogP contribution in [-0.4, -0.2) is 88.7 Å². The molecule has 0 aromatic rings. The molecular weight excluding hydrogens is 456 g/mol. The molecule has 2 aliphatic carbocycles. The molecule has 12 heteroatoms. The van der Waals surface area contributed by atoms with Gasteiger partial charge in [0.25, 0.3) is 0 Å². The van der Waals surface area contributed by atoms with Gasteiger partial charge in [0.1, 0.15) is 18.0 Å². The molecule has 2 bridgehead atoms. The smallest absolute Gasteiger partial charge is 0.348 e. The average molecular weight is 484 g/mol. The molecule has 34 heavy (non-hydrogen) atoms. The lowest BCUT2D eigenvalue weighted by Crippen LogP contribution is -2.79. The van der Waals surface area contributed by atoms with Gasteiger partial charge in [-0.3, -0.25) is 14.4 Å². The summed E-state index contributed by atoms with van der Waals surface area (Å²) in [5.41, 5.74) is -5.15. The molecule has 188 valence electrons. The second-order valence-electron chi connectivity index (χ2n) is 10.0. The normalized spacial score (nSPS) is 46.6. The van der Waals surface area contributed by atoms with Crippen molar-refractivity contribution in [1.82, 2.24) is 0 Å². The minimum Gasteiger partial charge on any atom is -0.481 e. The highest BCUT2D eigenvalue weighted by Gasteiger charge is 2.85. The Morgan fingerprint density at radius 1 is 1.15 bits per heavy atom. The van der Waals surface area contributed by atoms with Crippen LogP contribution in [0.3, 0.4) is 0 Å². The summed E-state index contributed by atoms with van der Waals surface area (Å²) in [6.45, 7) is 3.52. The second kappa shape index (κ2) is 7.72. The fourth-order valence-corrected chi connectivity index (χ4v) is 7.50. The molecule has 4 fully saturated rings. The minimum atomic E-state index is -2.28. The highest BCUT2D eigenvalue weighted by atomic mass is 16.6. The summed E-state index contributed by atoms with van der Waals surface area (Å²) in [5.74, 6) is -8.03. The van der Waals surface area contributed by atoms with E-state index >= 15 is 0 Å². The first-order valence-electron chi connectivity index (χ1n) is 11.0.